The highest BCUT2D eigenvalue weighted by Gasteiger charge is 2.25. The summed E-state index contributed by atoms with van der Waals surface area (Å²) in [5, 5.41) is 1.19. The number of rotatable bonds is 5. The van der Waals surface area contributed by atoms with Gasteiger partial charge in [0.05, 0.1) is 19.8 Å². The number of nitrogens with one attached hydrogen (secondary N) is 1. The Morgan fingerprint density at radius 3 is 2.36 bits per heavy atom. The Morgan fingerprint density at radius 1 is 0.929 bits per heavy atom. The molecule has 7 nitrogen and oxygen atoms in total. The zero-order valence-corrected chi connectivity index (χ0v) is 16.2. The van der Waals surface area contributed by atoms with E-state index < -0.39 is 0 Å². The predicted octanol–water partition coefficient (Wildman–Crippen LogP) is 1.10. The number of carbonyl (C=O) groups excluding carboxylic acids is 2. The number of aryl methyl sites for hydroxylation is 1. The van der Waals surface area contributed by atoms with Gasteiger partial charge in [-0.2, -0.15) is 0 Å². The van der Waals surface area contributed by atoms with Gasteiger partial charge in [-0.05, 0) is 18.1 Å². The Balaban J connectivity index is 1.23. The van der Waals surface area contributed by atoms with Gasteiger partial charge in [0.15, 0.2) is 0 Å². The molecule has 2 aliphatic rings. The standard InChI is InChI=1S/C21H28N4O3/c26-20(6-5-17-15-22-19-4-2-1-3-18(17)19)24-7-9-25(10-8-24)21(27)16-23-11-13-28-14-12-23/h1-4,15,22H,5-14,16H2. The summed E-state index contributed by atoms with van der Waals surface area (Å²) in [6, 6.07) is 8.17. The van der Waals surface area contributed by atoms with Crippen molar-refractivity contribution < 1.29 is 14.3 Å². The van der Waals surface area contributed by atoms with Gasteiger partial charge in [0.2, 0.25) is 11.8 Å². The molecule has 4 rings (SSSR count). The minimum Gasteiger partial charge on any atom is -0.379 e. The number of carbonyl (C=O) groups is 2. The predicted molar refractivity (Wildman–Crippen MR) is 107 cm³/mol. The first kappa shape index (κ1) is 19.0. The van der Waals surface area contributed by atoms with Gasteiger partial charge in [-0.3, -0.25) is 14.5 Å². The van der Waals surface area contributed by atoms with Gasteiger partial charge in [-0.15, -0.1) is 0 Å². The number of amides is 2. The van der Waals surface area contributed by atoms with Crippen LogP contribution in [0.5, 0.6) is 0 Å². The highest BCUT2D eigenvalue weighted by atomic mass is 16.5. The lowest BCUT2D eigenvalue weighted by Gasteiger charge is -2.36. The molecule has 1 aromatic carbocycles. The fraction of sp³-hybridized carbons (Fsp3) is 0.524. The third-order valence-corrected chi connectivity index (χ3v) is 5.73. The second-order valence-corrected chi connectivity index (χ2v) is 7.51. The molecule has 0 radical (unpaired) electrons. The summed E-state index contributed by atoms with van der Waals surface area (Å²) in [7, 11) is 0. The van der Waals surface area contributed by atoms with Crippen LogP contribution in [0, 0.1) is 0 Å². The van der Waals surface area contributed by atoms with Crippen LogP contribution in [0.15, 0.2) is 30.5 Å². The van der Waals surface area contributed by atoms with Crippen molar-refractivity contribution in [3.63, 3.8) is 0 Å². The fourth-order valence-corrected chi connectivity index (χ4v) is 3.99. The highest BCUT2D eigenvalue weighted by Crippen LogP contribution is 2.19. The van der Waals surface area contributed by atoms with Crippen LogP contribution in [0.25, 0.3) is 10.9 Å². The number of morpholine rings is 1. The maximum Gasteiger partial charge on any atom is 0.236 e. The van der Waals surface area contributed by atoms with Crippen molar-refractivity contribution in [2.75, 3.05) is 59.0 Å². The number of aromatic amines is 1. The molecule has 0 spiro atoms. The molecule has 0 bridgehead atoms. The molecule has 1 aromatic heterocycles. The van der Waals surface area contributed by atoms with Gasteiger partial charge < -0.3 is 19.5 Å². The average Bonchev–Trinajstić information content (AvgIpc) is 3.16. The van der Waals surface area contributed by atoms with E-state index in [1.54, 1.807) is 0 Å². The zero-order valence-electron chi connectivity index (χ0n) is 16.2. The Labute approximate surface area is 165 Å². The molecule has 0 unspecified atom stereocenters. The van der Waals surface area contributed by atoms with Crippen LogP contribution in [0.3, 0.4) is 0 Å². The summed E-state index contributed by atoms with van der Waals surface area (Å²) in [6.45, 7) is 6.00. The van der Waals surface area contributed by atoms with Gasteiger partial charge in [-0.1, -0.05) is 18.2 Å². The summed E-state index contributed by atoms with van der Waals surface area (Å²) in [5.74, 6) is 0.332. The van der Waals surface area contributed by atoms with E-state index in [-0.39, 0.29) is 11.8 Å². The molecule has 2 aliphatic heterocycles. The Bertz CT molecular complexity index is 820. The maximum absolute atomic E-state index is 12.6. The highest BCUT2D eigenvalue weighted by molar-refractivity contribution is 5.84. The third-order valence-electron chi connectivity index (χ3n) is 5.73. The van der Waals surface area contributed by atoms with Crippen molar-refractivity contribution in [3.8, 4) is 0 Å². The second-order valence-electron chi connectivity index (χ2n) is 7.51. The van der Waals surface area contributed by atoms with E-state index in [1.165, 1.54) is 10.9 Å². The van der Waals surface area contributed by atoms with Crippen LogP contribution < -0.4 is 0 Å². The van der Waals surface area contributed by atoms with Crippen molar-refractivity contribution in [2.24, 2.45) is 0 Å². The molecule has 2 amide bonds. The van der Waals surface area contributed by atoms with E-state index in [9.17, 15) is 9.59 Å². The Kier molecular flexibility index (Phi) is 5.92. The molecule has 0 atom stereocenters. The molecule has 0 aliphatic carbocycles. The van der Waals surface area contributed by atoms with Crippen molar-refractivity contribution in [3.05, 3.63) is 36.0 Å². The number of ether oxygens (including phenoxy) is 1. The average molecular weight is 384 g/mol. The lowest BCUT2D eigenvalue weighted by Crippen LogP contribution is -2.53. The number of nitrogens with zero attached hydrogens (tertiary/aromatic N) is 3. The van der Waals surface area contributed by atoms with E-state index >= 15 is 0 Å². The van der Waals surface area contributed by atoms with Gasteiger partial charge in [0, 0.05) is 62.8 Å². The lowest BCUT2D eigenvalue weighted by molar-refractivity contribution is -0.140. The third kappa shape index (κ3) is 4.36. The minimum absolute atomic E-state index is 0.160. The van der Waals surface area contributed by atoms with Crippen molar-refractivity contribution in [2.45, 2.75) is 12.8 Å². The first-order chi connectivity index (χ1) is 13.7. The molecule has 2 saturated heterocycles. The smallest absolute Gasteiger partial charge is 0.236 e. The molecular weight excluding hydrogens is 356 g/mol. The number of fused-ring (bicyclic) bond motifs is 1. The first-order valence-electron chi connectivity index (χ1n) is 10.1. The molecule has 1 N–H and O–H groups in total. The Morgan fingerprint density at radius 2 is 1.61 bits per heavy atom. The van der Waals surface area contributed by atoms with Crippen molar-refractivity contribution in [1.82, 2.24) is 19.7 Å². The summed E-state index contributed by atoms with van der Waals surface area (Å²) in [5.41, 5.74) is 2.29. The van der Waals surface area contributed by atoms with Crippen molar-refractivity contribution >= 4 is 22.7 Å². The van der Waals surface area contributed by atoms with Gasteiger partial charge in [0.25, 0.3) is 0 Å². The second kappa shape index (κ2) is 8.75. The summed E-state index contributed by atoms with van der Waals surface area (Å²) in [6.07, 6.45) is 3.24. The van der Waals surface area contributed by atoms with E-state index in [1.807, 2.05) is 34.2 Å². The summed E-state index contributed by atoms with van der Waals surface area (Å²) < 4.78 is 5.33. The summed E-state index contributed by atoms with van der Waals surface area (Å²) >= 11 is 0. The molecule has 7 heteroatoms. The molecule has 28 heavy (non-hydrogen) atoms. The Hall–Kier alpha value is -2.38. The first-order valence-corrected chi connectivity index (χ1v) is 10.1. The molecule has 0 saturated carbocycles. The van der Waals surface area contributed by atoms with Crippen LogP contribution >= 0.6 is 0 Å². The maximum atomic E-state index is 12.6. The minimum atomic E-state index is 0.160. The number of piperazine rings is 1. The number of benzene rings is 1. The number of para-hydroxylation sites is 1. The van der Waals surface area contributed by atoms with Crippen molar-refractivity contribution in [1.29, 1.82) is 0 Å². The molecular formula is C21H28N4O3. The monoisotopic (exact) mass is 384 g/mol. The van der Waals surface area contributed by atoms with Crippen LogP contribution in [-0.2, 0) is 20.7 Å². The SMILES string of the molecule is O=C(CCc1c[nH]c2ccccc12)N1CCN(C(=O)CN2CCOCC2)CC1. The molecule has 2 aromatic rings. The molecule has 2 fully saturated rings. The zero-order chi connectivity index (χ0) is 19.3. The van der Waals surface area contributed by atoms with Gasteiger partial charge in [-0.25, -0.2) is 0 Å². The van der Waals surface area contributed by atoms with E-state index in [0.717, 1.165) is 25.0 Å². The van der Waals surface area contributed by atoms with E-state index in [2.05, 4.69) is 16.0 Å². The lowest BCUT2D eigenvalue weighted by atomic mass is 10.1. The molecule has 3 heterocycles. The van der Waals surface area contributed by atoms with Gasteiger partial charge in [0.1, 0.15) is 0 Å². The van der Waals surface area contributed by atoms with Crippen LogP contribution in [0.2, 0.25) is 0 Å². The number of aromatic nitrogens is 1. The number of hydrogen-bond acceptors (Lipinski definition) is 4. The quantitative estimate of drug-likeness (QED) is 0.838. The van der Waals surface area contributed by atoms with E-state index in [4.69, 9.17) is 4.74 Å². The van der Waals surface area contributed by atoms with Gasteiger partial charge >= 0.3 is 0 Å². The largest absolute Gasteiger partial charge is 0.379 e. The van der Waals surface area contributed by atoms with Crippen LogP contribution in [0.1, 0.15) is 12.0 Å². The summed E-state index contributed by atoms with van der Waals surface area (Å²) in [4.78, 5) is 34.3. The van der Waals surface area contributed by atoms with Crippen LogP contribution in [-0.4, -0.2) is 90.5 Å². The fourth-order valence-electron chi connectivity index (χ4n) is 3.99. The molecule has 150 valence electrons. The van der Waals surface area contributed by atoms with E-state index in [0.29, 0.717) is 52.4 Å². The van der Waals surface area contributed by atoms with Crippen LogP contribution in [0.4, 0.5) is 0 Å². The normalized spacial score (nSPS) is 18.6. The number of H-pyrrole nitrogens is 1. The number of hydrogen-bond donors (Lipinski definition) is 1. The topological polar surface area (TPSA) is 68.9 Å².